The van der Waals surface area contributed by atoms with Crippen molar-refractivity contribution in [3.63, 3.8) is 0 Å². The van der Waals surface area contributed by atoms with Crippen LogP contribution in [0.3, 0.4) is 0 Å². The first kappa shape index (κ1) is 18.0. The summed E-state index contributed by atoms with van der Waals surface area (Å²) in [5.41, 5.74) is 5.73. The quantitative estimate of drug-likeness (QED) is 0.420. The molecule has 3 N–H and O–H groups in total. The van der Waals surface area contributed by atoms with E-state index in [4.69, 9.17) is 4.42 Å². The second-order valence-electron chi connectivity index (χ2n) is 4.98. The number of anilines is 1. The van der Waals surface area contributed by atoms with Crippen molar-refractivity contribution in [1.82, 2.24) is 21.0 Å². The number of amides is 2. The van der Waals surface area contributed by atoms with E-state index >= 15 is 0 Å². The Balaban J connectivity index is 1.38. The molecular weight excluding hydrogens is 374 g/mol. The minimum Gasteiger partial charge on any atom is -0.459 e. The van der Waals surface area contributed by atoms with Crippen LogP contribution in [0.5, 0.6) is 0 Å². The third-order valence-corrected chi connectivity index (χ3v) is 5.09. The van der Waals surface area contributed by atoms with Gasteiger partial charge in [-0.15, -0.1) is 10.2 Å². The maximum Gasteiger partial charge on any atom is 0.305 e. The molecule has 0 spiro atoms. The number of benzene rings is 1. The SMILES string of the molecule is O=C(CSc1nnc(NCc2ccccc2)s1)NNC(=O)c1ccco1. The van der Waals surface area contributed by atoms with E-state index in [1.807, 2.05) is 30.3 Å². The molecule has 0 atom stereocenters. The van der Waals surface area contributed by atoms with Gasteiger partial charge in [0.05, 0.1) is 12.0 Å². The minimum atomic E-state index is -0.517. The van der Waals surface area contributed by atoms with E-state index in [-0.39, 0.29) is 17.4 Å². The smallest absolute Gasteiger partial charge is 0.305 e. The predicted molar refractivity (Wildman–Crippen MR) is 98.7 cm³/mol. The van der Waals surface area contributed by atoms with Crippen LogP contribution in [0.1, 0.15) is 16.1 Å². The fourth-order valence-electron chi connectivity index (χ4n) is 1.87. The predicted octanol–water partition coefficient (Wildman–Crippen LogP) is 2.30. The zero-order valence-corrected chi connectivity index (χ0v) is 15.1. The number of aromatic nitrogens is 2. The lowest BCUT2D eigenvalue weighted by atomic mass is 10.2. The van der Waals surface area contributed by atoms with Crippen molar-refractivity contribution in [3.05, 3.63) is 60.1 Å². The van der Waals surface area contributed by atoms with Gasteiger partial charge in [0.15, 0.2) is 10.1 Å². The molecule has 10 heteroatoms. The maximum atomic E-state index is 11.8. The van der Waals surface area contributed by atoms with Gasteiger partial charge in [0.25, 0.3) is 0 Å². The van der Waals surface area contributed by atoms with Crippen molar-refractivity contribution < 1.29 is 14.0 Å². The van der Waals surface area contributed by atoms with Gasteiger partial charge in [0, 0.05) is 6.54 Å². The van der Waals surface area contributed by atoms with Crippen molar-refractivity contribution in [2.75, 3.05) is 11.1 Å². The Bertz CT molecular complexity index is 852. The summed E-state index contributed by atoms with van der Waals surface area (Å²) in [5, 5.41) is 11.9. The molecule has 2 aromatic heterocycles. The van der Waals surface area contributed by atoms with Gasteiger partial charge >= 0.3 is 5.91 Å². The fraction of sp³-hybridized carbons (Fsp3) is 0.125. The highest BCUT2D eigenvalue weighted by Gasteiger charge is 2.11. The number of hydrazine groups is 1. The Morgan fingerprint density at radius 1 is 1.08 bits per heavy atom. The zero-order chi connectivity index (χ0) is 18.2. The van der Waals surface area contributed by atoms with Gasteiger partial charge in [0.2, 0.25) is 11.0 Å². The molecule has 3 aromatic rings. The number of nitrogens with zero attached hydrogens (tertiary/aromatic N) is 2. The molecule has 1 aromatic carbocycles. The summed E-state index contributed by atoms with van der Waals surface area (Å²) in [6.07, 6.45) is 1.38. The summed E-state index contributed by atoms with van der Waals surface area (Å²) in [6.45, 7) is 0.652. The molecule has 0 unspecified atom stereocenters. The lowest BCUT2D eigenvalue weighted by Crippen LogP contribution is -2.42. The molecule has 134 valence electrons. The first-order valence-corrected chi connectivity index (χ1v) is 9.38. The van der Waals surface area contributed by atoms with Crippen LogP contribution in [-0.4, -0.2) is 27.8 Å². The Morgan fingerprint density at radius 3 is 2.69 bits per heavy atom. The van der Waals surface area contributed by atoms with Crippen molar-refractivity contribution in [3.8, 4) is 0 Å². The van der Waals surface area contributed by atoms with E-state index in [0.29, 0.717) is 16.0 Å². The highest BCUT2D eigenvalue weighted by Crippen LogP contribution is 2.25. The molecule has 0 aliphatic heterocycles. The Kier molecular flexibility index (Phi) is 6.23. The molecule has 8 nitrogen and oxygen atoms in total. The first-order chi connectivity index (χ1) is 12.7. The average Bonchev–Trinajstić information content (AvgIpc) is 3.35. The van der Waals surface area contributed by atoms with Crippen LogP contribution in [-0.2, 0) is 11.3 Å². The van der Waals surface area contributed by atoms with Crippen LogP contribution in [0.2, 0.25) is 0 Å². The molecule has 0 bridgehead atoms. The summed E-state index contributed by atoms with van der Waals surface area (Å²) in [4.78, 5) is 23.4. The lowest BCUT2D eigenvalue weighted by molar-refractivity contribution is -0.119. The van der Waals surface area contributed by atoms with Gasteiger partial charge < -0.3 is 9.73 Å². The number of thioether (sulfide) groups is 1. The summed E-state index contributed by atoms with van der Waals surface area (Å²) in [6, 6.07) is 13.0. The van der Waals surface area contributed by atoms with Crippen molar-refractivity contribution in [2.24, 2.45) is 0 Å². The van der Waals surface area contributed by atoms with Crippen LogP contribution >= 0.6 is 23.1 Å². The minimum absolute atomic E-state index is 0.103. The van der Waals surface area contributed by atoms with E-state index in [2.05, 4.69) is 26.4 Å². The summed E-state index contributed by atoms with van der Waals surface area (Å²) in [5.74, 6) is -0.650. The number of carbonyl (C=O) groups is 2. The van der Waals surface area contributed by atoms with Gasteiger partial charge in [-0.2, -0.15) is 0 Å². The highest BCUT2D eigenvalue weighted by molar-refractivity contribution is 8.01. The Hall–Kier alpha value is -2.85. The number of furan rings is 1. The van der Waals surface area contributed by atoms with E-state index < -0.39 is 5.91 Å². The summed E-state index contributed by atoms with van der Waals surface area (Å²) >= 11 is 2.60. The van der Waals surface area contributed by atoms with E-state index in [1.54, 1.807) is 6.07 Å². The first-order valence-electron chi connectivity index (χ1n) is 7.57. The number of hydrogen-bond acceptors (Lipinski definition) is 8. The fourth-order valence-corrected chi connectivity index (χ4v) is 3.42. The number of nitrogens with one attached hydrogen (secondary N) is 3. The Labute approximate surface area is 157 Å². The van der Waals surface area contributed by atoms with Crippen molar-refractivity contribution in [1.29, 1.82) is 0 Å². The van der Waals surface area contributed by atoms with Gasteiger partial charge in [0.1, 0.15) is 0 Å². The van der Waals surface area contributed by atoms with Gasteiger partial charge in [-0.3, -0.25) is 20.4 Å². The van der Waals surface area contributed by atoms with Crippen LogP contribution < -0.4 is 16.2 Å². The standard InChI is InChI=1S/C16H15N5O3S2/c22-13(18-19-14(23)12-7-4-8-24-12)10-25-16-21-20-15(26-16)17-9-11-5-2-1-3-6-11/h1-8H,9-10H2,(H,17,20)(H,18,22)(H,19,23). The largest absolute Gasteiger partial charge is 0.459 e. The molecule has 2 heterocycles. The number of hydrogen-bond donors (Lipinski definition) is 3. The molecule has 0 saturated heterocycles. The molecule has 26 heavy (non-hydrogen) atoms. The third kappa shape index (κ3) is 5.33. The van der Waals surface area contributed by atoms with Crippen LogP contribution in [0.4, 0.5) is 5.13 Å². The second-order valence-corrected chi connectivity index (χ2v) is 7.18. The number of rotatable bonds is 7. The summed E-state index contributed by atoms with van der Waals surface area (Å²) < 4.78 is 5.58. The van der Waals surface area contributed by atoms with E-state index in [9.17, 15) is 9.59 Å². The van der Waals surface area contributed by atoms with Crippen molar-refractivity contribution in [2.45, 2.75) is 10.9 Å². The third-order valence-electron chi connectivity index (χ3n) is 3.08. The summed E-state index contributed by atoms with van der Waals surface area (Å²) in [7, 11) is 0. The van der Waals surface area contributed by atoms with Gasteiger partial charge in [-0.05, 0) is 17.7 Å². The number of carbonyl (C=O) groups excluding carboxylic acids is 2. The molecular formula is C16H15N5O3S2. The average molecular weight is 389 g/mol. The van der Waals surface area contributed by atoms with Crippen molar-refractivity contribution >= 4 is 40.0 Å². The Morgan fingerprint density at radius 2 is 1.92 bits per heavy atom. The molecule has 3 rings (SSSR count). The lowest BCUT2D eigenvalue weighted by Gasteiger charge is -2.04. The van der Waals surface area contributed by atoms with Crippen LogP contribution in [0, 0.1) is 0 Å². The van der Waals surface area contributed by atoms with Crippen LogP contribution in [0.15, 0.2) is 57.5 Å². The molecule has 0 aliphatic rings. The normalized spacial score (nSPS) is 10.3. The van der Waals surface area contributed by atoms with Crippen LogP contribution in [0.25, 0.3) is 0 Å². The van der Waals surface area contributed by atoms with Gasteiger partial charge in [-0.1, -0.05) is 53.4 Å². The monoisotopic (exact) mass is 389 g/mol. The van der Waals surface area contributed by atoms with E-state index in [0.717, 1.165) is 5.56 Å². The van der Waals surface area contributed by atoms with E-state index in [1.165, 1.54) is 35.4 Å². The maximum absolute atomic E-state index is 11.8. The molecule has 0 radical (unpaired) electrons. The molecule has 0 aliphatic carbocycles. The van der Waals surface area contributed by atoms with Gasteiger partial charge in [-0.25, -0.2) is 0 Å². The zero-order valence-electron chi connectivity index (χ0n) is 13.5. The molecule has 0 fully saturated rings. The second kappa shape index (κ2) is 9.02. The highest BCUT2D eigenvalue weighted by atomic mass is 32.2. The molecule has 2 amide bonds. The molecule has 0 saturated carbocycles. The topological polar surface area (TPSA) is 109 Å².